The Morgan fingerprint density at radius 3 is 2.07 bits per heavy atom. The standard InChI is InChI=1S/C11H14F2O/c1-11(2,3)7-14-10-8(12)5-4-6-9(10)13/h4-6H,7H2,1-3H3. The predicted molar refractivity (Wildman–Crippen MR) is 51.3 cm³/mol. The molecule has 0 bridgehead atoms. The van der Waals surface area contributed by atoms with Crippen LogP contribution >= 0.6 is 0 Å². The van der Waals surface area contributed by atoms with Gasteiger partial charge in [-0.05, 0) is 17.5 Å². The topological polar surface area (TPSA) is 9.23 Å². The zero-order chi connectivity index (χ0) is 10.8. The smallest absolute Gasteiger partial charge is 0.190 e. The van der Waals surface area contributed by atoms with Gasteiger partial charge in [-0.3, -0.25) is 0 Å². The largest absolute Gasteiger partial charge is 0.487 e. The summed E-state index contributed by atoms with van der Waals surface area (Å²) in [5, 5.41) is 0. The van der Waals surface area contributed by atoms with Gasteiger partial charge >= 0.3 is 0 Å². The minimum atomic E-state index is -0.658. The number of hydrogen-bond donors (Lipinski definition) is 0. The van der Waals surface area contributed by atoms with Crippen LogP contribution in [0.3, 0.4) is 0 Å². The lowest BCUT2D eigenvalue weighted by Crippen LogP contribution is -2.17. The number of ether oxygens (including phenoxy) is 1. The van der Waals surface area contributed by atoms with Crippen LogP contribution in [0, 0.1) is 17.0 Å². The Morgan fingerprint density at radius 2 is 1.64 bits per heavy atom. The summed E-state index contributed by atoms with van der Waals surface area (Å²) in [6.45, 7) is 6.09. The van der Waals surface area contributed by atoms with Crippen LogP contribution in [0.25, 0.3) is 0 Å². The Hall–Kier alpha value is -1.12. The predicted octanol–water partition coefficient (Wildman–Crippen LogP) is 3.39. The lowest BCUT2D eigenvalue weighted by molar-refractivity contribution is 0.184. The first kappa shape index (κ1) is 11.0. The summed E-state index contributed by atoms with van der Waals surface area (Å²) in [4.78, 5) is 0. The zero-order valence-electron chi connectivity index (χ0n) is 8.60. The summed E-state index contributed by atoms with van der Waals surface area (Å²) in [6.07, 6.45) is 0. The Kier molecular flexibility index (Phi) is 3.09. The molecule has 0 radical (unpaired) electrons. The molecule has 0 atom stereocenters. The van der Waals surface area contributed by atoms with E-state index in [0.29, 0.717) is 0 Å². The highest BCUT2D eigenvalue weighted by Crippen LogP contribution is 2.23. The monoisotopic (exact) mass is 200 g/mol. The molecule has 3 heteroatoms. The van der Waals surface area contributed by atoms with E-state index < -0.39 is 11.6 Å². The molecule has 0 saturated heterocycles. The summed E-state index contributed by atoms with van der Waals surface area (Å²) in [7, 11) is 0. The highest BCUT2D eigenvalue weighted by atomic mass is 19.1. The minimum Gasteiger partial charge on any atom is -0.487 e. The minimum absolute atomic E-state index is 0.116. The van der Waals surface area contributed by atoms with Crippen LogP contribution in [0.2, 0.25) is 0 Å². The summed E-state index contributed by atoms with van der Waals surface area (Å²) in [5.74, 6) is -1.61. The molecule has 78 valence electrons. The Balaban J connectivity index is 2.77. The molecule has 0 aliphatic heterocycles. The van der Waals surface area contributed by atoms with E-state index in [0.717, 1.165) is 0 Å². The molecule has 0 N–H and O–H groups in total. The van der Waals surface area contributed by atoms with Crippen molar-refractivity contribution in [3.05, 3.63) is 29.8 Å². The van der Waals surface area contributed by atoms with Crippen LogP contribution in [0.4, 0.5) is 8.78 Å². The molecule has 0 aromatic heterocycles. The molecular weight excluding hydrogens is 186 g/mol. The Labute approximate surface area is 82.7 Å². The summed E-state index contributed by atoms with van der Waals surface area (Å²) >= 11 is 0. The number of rotatable bonds is 2. The van der Waals surface area contributed by atoms with Gasteiger partial charge in [0.2, 0.25) is 0 Å². The van der Waals surface area contributed by atoms with Crippen molar-refractivity contribution in [2.24, 2.45) is 5.41 Å². The molecule has 0 spiro atoms. The maximum absolute atomic E-state index is 13.1. The van der Waals surface area contributed by atoms with Crippen molar-refractivity contribution in [1.82, 2.24) is 0 Å². The van der Waals surface area contributed by atoms with Crippen molar-refractivity contribution in [3.8, 4) is 5.75 Å². The van der Waals surface area contributed by atoms with Gasteiger partial charge in [-0.1, -0.05) is 26.8 Å². The molecule has 14 heavy (non-hydrogen) atoms. The van der Waals surface area contributed by atoms with Crippen LogP contribution in [-0.2, 0) is 0 Å². The van der Waals surface area contributed by atoms with E-state index >= 15 is 0 Å². The van der Waals surface area contributed by atoms with Gasteiger partial charge in [-0.15, -0.1) is 0 Å². The number of halogens is 2. The fourth-order valence-corrected chi connectivity index (χ4v) is 0.909. The van der Waals surface area contributed by atoms with Gasteiger partial charge < -0.3 is 4.74 Å². The number of hydrogen-bond acceptors (Lipinski definition) is 1. The van der Waals surface area contributed by atoms with Gasteiger partial charge in [0.05, 0.1) is 6.61 Å². The van der Waals surface area contributed by atoms with E-state index in [9.17, 15) is 8.78 Å². The maximum Gasteiger partial charge on any atom is 0.190 e. The Morgan fingerprint density at radius 1 is 1.14 bits per heavy atom. The van der Waals surface area contributed by atoms with Gasteiger partial charge in [0, 0.05) is 0 Å². The fourth-order valence-electron chi connectivity index (χ4n) is 0.909. The number of benzene rings is 1. The average Bonchev–Trinajstić information content (AvgIpc) is 2.01. The third-order valence-corrected chi connectivity index (χ3v) is 1.57. The molecule has 0 aliphatic carbocycles. The zero-order valence-corrected chi connectivity index (χ0v) is 8.60. The fraction of sp³-hybridized carbons (Fsp3) is 0.455. The Bertz CT molecular complexity index is 295. The lowest BCUT2D eigenvalue weighted by atomic mass is 9.99. The molecule has 1 aromatic carbocycles. The molecule has 0 amide bonds. The molecule has 0 fully saturated rings. The van der Waals surface area contributed by atoms with Crippen LogP contribution in [0.1, 0.15) is 20.8 Å². The lowest BCUT2D eigenvalue weighted by Gasteiger charge is -2.19. The molecular formula is C11H14F2O. The first-order valence-corrected chi connectivity index (χ1v) is 4.47. The van der Waals surface area contributed by atoms with E-state index in [-0.39, 0.29) is 17.8 Å². The van der Waals surface area contributed by atoms with Gasteiger partial charge in [0.1, 0.15) is 0 Å². The van der Waals surface area contributed by atoms with E-state index in [1.165, 1.54) is 18.2 Å². The molecule has 0 aliphatic rings. The molecule has 0 heterocycles. The van der Waals surface area contributed by atoms with Crippen molar-refractivity contribution in [1.29, 1.82) is 0 Å². The normalized spacial score (nSPS) is 11.5. The molecule has 0 unspecified atom stereocenters. The molecule has 0 saturated carbocycles. The second-order valence-electron chi connectivity index (χ2n) is 4.40. The third-order valence-electron chi connectivity index (χ3n) is 1.57. The molecule has 1 nitrogen and oxygen atoms in total. The first-order chi connectivity index (χ1) is 6.40. The van der Waals surface area contributed by atoms with Gasteiger partial charge in [-0.25, -0.2) is 8.78 Å². The summed E-state index contributed by atoms with van der Waals surface area (Å²) < 4.78 is 31.2. The second-order valence-corrected chi connectivity index (χ2v) is 4.40. The van der Waals surface area contributed by atoms with E-state index in [2.05, 4.69) is 0 Å². The van der Waals surface area contributed by atoms with E-state index in [4.69, 9.17) is 4.74 Å². The quantitative estimate of drug-likeness (QED) is 0.711. The van der Waals surface area contributed by atoms with Crippen molar-refractivity contribution in [3.63, 3.8) is 0 Å². The van der Waals surface area contributed by atoms with Gasteiger partial charge in [0.15, 0.2) is 17.4 Å². The molecule has 1 rings (SSSR count). The van der Waals surface area contributed by atoms with Gasteiger partial charge in [0.25, 0.3) is 0 Å². The average molecular weight is 200 g/mol. The van der Waals surface area contributed by atoms with E-state index in [1.807, 2.05) is 20.8 Å². The van der Waals surface area contributed by atoms with Crippen molar-refractivity contribution in [2.75, 3.05) is 6.61 Å². The highest BCUT2D eigenvalue weighted by molar-refractivity contribution is 5.26. The van der Waals surface area contributed by atoms with Crippen molar-refractivity contribution in [2.45, 2.75) is 20.8 Å². The van der Waals surface area contributed by atoms with Crippen LogP contribution in [0.15, 0.2) is 18.2 Å². The summed E-state index contributed by atoms with van der Waals surface area (Å²) in [5.41, 5.74) is -0.116. The summed E-state index contributed by atoms with van der Waals surface area (Å²) in [6, 6.07) is 3.68. The molecule has 1 aromatic rings. The van der Waals surface area contributed by atoms with Crippen molar-refractivity contribution >= 4 is 0 Å². The van der Waals surface area contributed by atoms with E-state index in [1.54, 1.807) is 0 Å². The SMILES string of the molecule is CC(C)(C)COc1c(F)cccc1F. The van der Waals surface area contributed by atoms with Crippen molar-refractivity contribution < 1.29 is 13.5 Å². The second kappa shape index (κ2) is 3.95. The highest BCUT2D eigenvalue weighted by Gasteiger charge is 2.15. The maximum atomic E-state index is 13.1. The third kappa shape index (κ3) is 2.98. The van der Waals surface area contributed by atoms with Crippen LogP contribution < -0.4 is 4.74 Å². The first-order valence-electron chi connectivity index (χ1n) is 4.47. The van der Waals surface area contributed by atoms with Crippen LogP contribution in [-0.4, -0.2) is 6.61 Å². The number of para-hydroxylation sites is 1. The van der Waals surface area contributed by atoms with Crippen LogP contribution in [0.5, 0.6) is 5.75 Å². The van der Waals surface area contributed by atoms with Gasteiger partial charge in [-0.2, -0.15) is 0 Å².